The Labute approximate surface area is 233 Å². The van der Waals surface area contributed by atoms with Crippen molar-refractivity contribution in [3.8, 4) is 17.2 Å². The lowest BCUT2D eigenvalue weighted by molar-refractivity contribution is -0.136. The van der Waals surface area contributed by atoms with E-state index in [2.05, 4.69) is 27.7 Å². The lowest BCUT2D eigenvalue weighted by Crippen LogP contribution is -2.32. The van der Waals surface area contributed by atoms with Gasteiger partial charge in [-0.25, -0.2) is 5.43 Å². The maximum absolute atomic E-state index is 12.4. The Hall–Kier alpha value is -5.12. The van der Waals surface area contributed by atoms with E-state index in [1.807, 2.05) is 39.0 Å². The molecule has 0 aromatic heterocycles. The Morgan fingerprint density at radius 2 is 1.55 bits per heavy atom. The van der Waals surface area contributed by atoms with Crippen LogP contribution in [0.4, 0.5) is 11.4 Å². The van der Waals surface area contributed by atoms with Crippen LogP contribution in [0.5, 0.6) is 17.2 Å². The molecule has 10 nitrogen and oxygen atoms in total. The number of rotatable bonds is 12. The van der Waals surface area contributed by atoms with E-state index in [0.717, 1.165) is 11.1 Å². The number of carbonyl (C=O) groups is 3. The molecule has 208 valence electrons. The van der Waals surface area contributed by atoms with Gasteiger partial charge >= 0.3 is 11.8 Å². The molecule has 0 spiro atoms. The molecule has 0 aliphatic rings. The van der Waals surface area contributed by atoms with Gasteiger partial charge in [0.15, 0.2) is 18.1 Å². The number of hydrogen-bond acceptors (Lipinski definition) is 7. The standard InChI is InChI=1S/C30H32N4O6/c1-5-13-39-25-10-8-23(9-11-25)33-29(36)30(37)34-31-18-22-7-12-26(27(17-22)38-6-2)40-19-28(35)32-24-15-20(3)14-21(4)16-24/h5,7-12,14-18H,1,6,13,19H2,2-4H3,(H,32,35)(H,33,36)(H,34,37)/b31-18-. The average Bonchev–Trinajstić information content (AvgIpc) is 2.91. The molecule has 0 saturated heterocycles. The van der Waals surface area contributed by atoms with Crippen LogP contribution in [0.2, 0.25) is 0 Å². The summed E-state index contributed by atoms with van der Waals surface area (Å²) >= 11 is 0. The fraction of sp³-hybridized carbons (Fsp3) is 0.200. The summed E-state index contributed by atoms with van der Waals surface area (Å²) in [6.45, 7) is 9.83. The monoisotopic (exact) mass is 544 g/mol. The lowest BCUT2D eigenvalue weighted by atomic mass is 10.1. The Morgan fingerprint density at radius 3 is 2.23 bits per heavy atom. The predicted octanol–water partition coefficient (Wildman–Crippen LogP) is 4.37. The van der Waals surface area contributed by atoms with Gasteiger partial charge in [-0.05, 0) is 92.1 Å². The van der Waals surface area contributed by atoms with Crippen molar-refractivity contribution in [3.05, 3.63) is 90.0 Å². The fourth-order valence-corrected chi connectivity index (χ4v) is 3.57. The van der Waals surface area contributed by atoms with Crippen LogP contribution in [-0.4, -0.2) is 43.8 Å². The first-order valence-electron chi connectivity index (χ1n) is 12.5. The van der Waals surface area contributed by atoms with Crippen molar-refractivity contribution < 1.29 is 28.6 Å². The quantitative estimate of drug-likeness (QED) is 0.134. The first-order chi connectivity index (χ1) is 19.3. The second-order valence-electron chi connectivity index (χ2n) is 8.63. The molecule has 3 aromatic carbocycles. The zero-order valence-corrected chi connectivity index (χ0v) is 22.7. The summed E-state index contributed by atoms with van der Waals surface area (Å²) in [7, 11) is 0. The summed E-state index contributed by atoms with van der Waals surface area (Å²) < 4.78 is 16.7. The fourth-order valence-electron chi connectivity index (χ4n) is 3.57. The van der Waals surface area contributed by atoms with E-state index in [0.29, 0.717) is 47.4 Å². The first-order valence-corrected chi connectivity index (χ1v) is 12.5. The molecule has 3 aromatic rings. The van der Waals surface area contributed by atoms with Crippen LogP contribution in [0, 0.1) is 13.8 Å². The van der Waals surface area contributed by atoms with Gasteiger partial charge in [0, 0.05) is 11.4 Å². The van der Waals surface area contributed by atoms with E-state index in [1.165, 1.54) is 6.21 Å². The van der Waals surface area contributed by atoms with Gasteiger partial charge in [-0.15, -0.1) is 0 Å². The molecule has 0 bridgehead atoms. The minimum absolute atomic E-state index is 0.212. The number of amides is 3. The van der Waals surface area contributed by atoms with Gasteiger partial charge in [0.25, 0.3) is 5.91 Å². The second kappa shape index (κ2) is 14.7. The molecule has 3 rings (SSSR count). The van der Waals surface area contributed by atoms with Crippen molar-refractivity contribution in [1.82, 2.24) is 5.43 Å². The molecule has 0 saturated carbocycles. The van der Waals surface area contributed by atoms with Crippen molar-refractivity contribution in [2.45, 2.75) is 20.8 Å². The zero-order valence-electron chi connectivity index (χ0n) is 22.7. The smallest absolute Gasteiger partial charge is 0.329 e. The lowest BCUT2D eigenvalue weighted by Gasteiger charge is -2.13. The highest BCUT2D eigenvalue weighted by Gasteiger charge is 2.13. The SMILES string of the molecule is C=CCOc1ccc(NC(=O)C(=O)N/N=C\c2ccc(OCC(=O)Nc3cc(C)cc(C)c3)c(OCC)c2)cc1. The summed E-state index contributed by atoms with van der Waals surface area (Å²) in [5.74, 6) is -0.752. The van der Waals surface area contributed by atoms with E-state index >= 15 is 0 Å². The van der Waals surface area contributed by atoms with Crippen LogP contribution in [-0.2, 0) is 14.4 Å². The molecular formula is C30H32N4O6. The van der Waals surface area contributed by atoms with E-state index < -0.39 is 11.8 Å². The number of hydrazone groups is 1. The van der Waals surface area contributed by atoms with Gasteiger partial charge < -0.3 is 24.8 Å². The number of nitrogens with one attached hydrogen (secondary N) is 3. The highest BCUT2D eigenvalue weighted by atomic mass is 16.5. The number of anilines is 2. The maximum Gasteiger partial charge on any atom is 0.329 e. The summed E-state index contributed by atoms with van der Waals surface area (Å²) in [5, 5.41) is 9.15. The van der Waals surface area contributed by atoms with Crippen LogP contribution in [0.3, 0.4) is 0 Å². The van der Waals surface area contributed by atoms with Crippen LogP contribution >= 0.6 is 0 Å². The summed E-state index contributed by atoms with van der Waals surface area (Å²) in [4.78, 5) is 36.7. The molecule has 3 amide bonds. The van der Waals surface area contributed by atoms with E-state index in [4.69, 9.17) is 14.2 Å². The van der Waals surface area contributed by atoms with Gasteiger partial charge in [-0.2, -0.15) is 5.10 Å². The van der Waals surface area contributed by atoms with E-state index in [9.17, 15) is 14.4 Å². The van der Waals surface area contributed by atoms with E-state index in [-0.39, 0.29) is 12.5 Å². The van der Waals surface area contributed by atoms with Gasteiger partial charge in [-0.3, -0.25) is 14.4 Å². The van der Waals surface area contributed by atoms with Crippen molar-refractivity contribution in [3.63, 3.8) is 0 Å². The number of hydrogen-bond donors (Lipinski definition) is 3. The normalized spacial score (nSPS) is 10.5. The molecule has 0 aliphatic carbocycles. The minimum atomic E-state index is -0.942. The highest BCUT2D eigenvalue weighted by Crippen LogP contribution is 2.28. The summed E-state index contributed by atoms with van der Waals surface area (Å²) in [6, 6.07) is 17.3. The molecule has 0 radical (unpaired) electrons. The Kier molecular flexibility index (Phi) is 10.8. The third-order valence-electron chi connectivity index (χ3n) is 5.20. The topological polar surface area (TPSA) is 127 Å². The highest BCUT2D eigenvalue weighted by molar-refractivity contribution is 6.39. The maximum atomic E-state index is 12.4. The average molecular weight is 545 g/mol. The predicted molar refractivity (Wildman–Crippen MR) is 154 cm³/mol. The van der Waals surface area contributed by atoms with Crippen LogP contribution in [0.1, 0.15) is 23.6 Å². The Balaban J connectivity index is 1.53. The molecule has 40 heavy (non-hydrogen) atoms. The Morgan fingerprint density at radius 1 is 0.825 bits per heavy atom. The van der Waals surface area contributed by atoms with Gasteiger partial charge in [0.05, 0.1) is 12.8 Å². The molecule has 3 N–H and O–H groups in total. The van der Waals surface area contributed by atoms with Crippen molar-refractivity contribution in [1.29, 1.82) is 0 Å². The largest absolute Gasteiger partial charge is 0.490 e. The molecule has 0 unspecified atom stereocenters. The molecular weight excluding hydrogens is 512 g/mol. The number of ether oxygens (including phenoxy) is 3. The van der Waals surface area contributed by atoms with Gasteiger partial charge in [-0.1, -0.05) is 18.7 Å². The number of aryl methyl sites for hydroxylation is 2. The van der Waals surface area contributed by atoms with Gasteiger partial charge in [0.1, 0.15) is 12.4 Å². The third kappa shape index (κ3) is 9.32. The number of benzene rings is 3. The first kappa shape index (κ1) is 29.4. The second-order valence-corrected chi connectivity index (χ2v) is 8.63. The number of carbonyl (C=O) groups excluding carboxylic acids is 3. The van der Waals surface area contributed by atoms with Crippen LogP contribution in [0.15, 0.2) is 78.4 Å². The van der Waals surface area contributed by atoms with Crippen LogP contribution in [0.25, 0.3) is 0 Å². The van der Waals surface area contributed by atoms with E-state index in [1.54, 1.807) is 48.5 Å². The van der Waals surface area contributed by atoms with Crippen molar-refractivity contribution in [2.75, 3.05) is 30.5 Å². The zero-order chi connectivity index (χ0) is 28.9. The molecule has 0 heterocycles. The minimum Gasteiger partial charge on any atom is -0.490 e. The summed E-state index contributed by atoms with van der Waals surface area (Å²) in [5.41, 5.74) is 5.98. The summed E-state index contributed by atoms with van der Waals surface area (Å²) in [6.07, 6.45) is 2.98. The molecule has 0 fully saturated rings. The van der Waals surface area contributed by atoms with Crippen molar-refractivity contribution in [2.24, 2.45) is 5.10 Å². The molecule has 0 atom stereocenters. The Bertz CT molecular complexity index is 1370. The third-order valence-corrected chi connectivity index (χ3v) is 5.20. The number of nitrogens with zero attached hydrogens (tertiary/aromatic N) is 1. The van der Waals surface area contributed by atoms with Crippen LogP contribution < -0.4 is 30.3 Å². The van der Waals surface area contributed by atoms with Gasteiger partial charge in [0.2, 0.25) is 0 Å². The molecule has 0 aliphatic heterocycles. The molecule has 10 heteroatoms. The van der Waals surface area contributed by atoms with Crippen molar-refractivity contribution >= 4 is 35.3 Å².